The molecule has 0 atom stereocenters. The summed E-state index contributed by atoms with van der Waals surface area (Å²) in [7, 11) is 2.13. The van der Waals surface area contributed by atoms with Crippen LogP contribution in [0.5, 0.6) is 17.4 Å². The molecule has 11 heteroatoms. The minimum Gasteiger partial charge on any atom is -0.490 e. The van der Waals surface area contributed by atoms with Crippen molar-refractivity contribution in [2.24, 2.45) is 0 Å². The van der Waals surface area contributed by atoms with E-state index in [0.29, 0.717) is 23.4 Å². The number of halogens is 1. The number of ether oxygens (including phenoxy) is 2. The third-order valence-corrected chi connectivity index (χ3v) is 6.19. The van der Waals surface area contributed by atoms with Gasteiger partial charge in [-0.1, -0.05) is 0 Å². The highest BCUT2D eigenvalue weighted by Gasteiger charge is 2.18. The average Bonchev–Trinajstić information content (AvgIpc) is 3.51. The van der Waals surface area contributed by atoms with Crippen molar-refractivity contribution in [1.29, 1.82) is 0 Å². The van der Waals surface area contributed by atoms with Gasteiger partial charge in [-0.2, -0.15) is 10.1 Å². The molecular weight excluding hydrogens is 467 g/mol. The number of aryl methyl sites for hydroxylation is 1. The highest BCUT2D eigenvalue weighted by atomic mass is 19.1. The van der Waals surface area contributed by atoms with Gasteiger partial charge in [-0.05, 0) is 32.2 Å². The number of fused-ring (bicyclic) bond motifs is 1. The van der Waals surface area contributed by atoms with Crippen molar-refractivity contribution in [3.8, 4) is 17.4 Å². The predicted octanol–water partition coefficient (Wildman–Crippen LogP) is 3.44. The SMILES string of the molecule is Cc1c(OCCN2CCN(C)CC2)cn2ncnc(Oc3ccc(NC(=O)c4ccoc4)cc3F)c12. The summed E-state index contributed by atoms with van der Waals surface area (Å²) in [6.45, 7) is 7.44. The van der Waals surface area contributed by atoms with Gasteiger partial charge in [0, 0.05) is 50.0 Å². The lowest BCUT2D eigenvalue weighted by molar-refractivity contribution is 0.102. The number of aromatic nitrogens is 3. The molecule has 0 bridgehead atoms. The number of rotatable bonds is 8. The van der Waals surface area contributed by atoms with Crippen LogP contribution in [0, 0.1) is 12.7 Å². The van der Waals surface area contributed by atoms with E-state index in [1.807, 2.05) is 6.92 Å². The first-order valence-corrected chi connectivity index (χ1v) is 11.7. The minimum atomic E-state index is -0.649. The number of nitrogens with one attached hydrogen (secondary N) is 1. The number of hydrogen-bond donors (Lipinski definition) is 1. The number of likely N-dealkylation sites (N-methyl/N-ethyl adjacent to an activating group) is 1. The first-order chi connectivity index (χ1) is 17.5. The normalized spacial score (nSPS) is 14.8. The van der Waals surface area contributed by atoms with Crippen molar-refractivity contribution in [3.63, 3.8) is 0 Å². The molecule has 1 fully saturated rings. The summed E-state index contributed by atoms with van der Waals surface area (Å²) in [6.07, 6.45) is 5.82. The number of carbonyl (C=O) groups excluding carboxylic acids is 1. The predicted molar refractivity (Wildman–Crippen MR) is 130 cm³/mol. The number of anilines is 1. The summed E-state index contributed by atoms with van der Waals surface area (Å²) in [5.74, 6) is -0.212. The van der Waals surface area contributed by atoms with Crippen molar-refractivity contribution in [2.75, 3.05) is 51.7 Å². The van der Waals surface area contributed by atoms with Crippen LogP contribution >= 0.6 is 0 Å². The Morgan fingerprint density at radius 3 is 2.78 bits per heavy atom. The number of furan rings is 1. The standard InChI is InChI=1S/C25H27FN6O4/c1-17-22(35-12-10-31-8-6-30(2)7-9-31)14-32-23(17)25(27-16-28-32)36-21-4-3-19(13-20(21)26)29-24(33)18-5-11-34-15-18/h3-5,11,13-16H,6-10,12H2,1-2H3,(H,29,33). The van der Waals surface area contributed by atoms with Gasteiger partial charge in [0.25, 0.3) is 5.91 Å². The Bertz CT molecular complexity index is 1350. The monoisotopic (exact) mass is 494 g/mol. The van der Waals surface area contributed by atoms with Crippen molar-refractivity contribution >= 4 is 17.1 Å². The zero-order valence-corrected chi connectivity index (χ0v) is 20.1. The number of hydrogen-bond acceptors (Lipinski definition) is 8. The van der Waals surface area contributed by atoms with Crippen LogP contribution in [-0.4, -0.2) is 76.7 Å². The van der Waals surface area contributed by atoms with E-state index in [2.05, 4.69) is 32.2 Å². The van der Waals surface area contributed by atoms with Gasteiger partial charge in [-0.15, -0.1) is 0 Å². The Balaban J connectivity index is 1.27. The summed E-state index contributed by atoms with van der Waals surface area (Å²) >= 11 is 0. The molecule has 10 nitrogen and oxygen atoms in total. The van der Waals surface area contributed by atoms with Crippen molar-refractivity contribution in [3.05, 3.63) is 66.3 Å². The van der Waals surface area contributed by atoms with Crippen molar-refractivity contribution in [2.45, 2.75) is 6.92 Å². The van der Waals surface area contributed by atoms with Crippen LogP contribution in [0.1, 0.15) is 15.9 Å². The van der Waals surface area contributed by atoms with Crippen LogP contribution in [-0.2, 0) is 0 Å². The topological polar surface area (TPSA) is 97.4 Å². The van der Waals surface area contributed by atoms with E-state index < -0.39 is 11.7 Å². The number of nitrogens with zero attached hydrogens (tertiary/aromatic N) is 5. The smallest absolute Gasteiger partial charge is 0.258 e. The number of piperazine rings is 1. The molecular formula is C25H27FN6O4. The van der Waals surface area contributed by atoms with Crippen LogP contribution in [0.3, 0.4) is 0 Å². The molecule has 3 aromatic heterocycles. The van der Waals surface area contributed by atoms with E-state index in [4.69, 9.17) is 13.9 Å². The Labute approximate surface area is 207 Å². The summed E-state index contributed by atoms with van der Waals surface area (Å²) in [5.41, 5.74) is 2.01. The third-order valence-electron chi connectivity index (χ3n) is 6.19. The van der Waals surface area contributed by atoms with E-state index in [9.17, 15) is 9.18 Å². The van der Waals surface area contributed by atoms with Gasteiger partial charge in [-0.3, -0.25) is 9.69 Å². The molecule has 0 saturated carbocycles. The van der Waals surface area contributed by atoms with Gasteiger partial charge >= 0.3 is 0 Å². The molecule has 1 saturated heterocycles. The molecule has 1 aliphatic heterocycles. The van der Waals surface area contributed by atoms with Crippen LogP contribution in [0.2, 0.25) is 0 Å². The molecule has 0 spiro atoms. The first kappa shape index (κ1) is 23.8. The number of amides is 1. The van der Waals surface area contributed by atoms with Gasteiger partial charge in [0.05, 0.1) is 18.0 Å². The lowest BCUT2D eigenvalue weighted by Crippen LogP contribution is -2.45. The van der Waals surface area contributed by atoms with Gasteiger partial charge in [0.15, 0.2) is 11.6 Å². The van der Waals surface area contributed by atoms with E-state index >= 15 is 0 Å². The fraction of sp³-hybridized carbons (Fsp3) is 0.320. The number of benzene rings is 1. The van der Waals surface area contributed by atoms with Crippen LogP contribution in [0.4, 0.5) is 10.1 Å². The molecule has 1 N–H and O–H groups in total. The zero-order chi connectivity index (χ0) is 25.1. The van der Waals surface area contributed by atoms with Crippen LogP contribution in [0.15, 0.2) is 53.7 Å². The molecule has 1 aliphatic rings. The molecule has 0 radical (unpaired) electrons. The van der Waals surface area contributed by atoms with E-state index in [-0.39, 0.29) is 17.3 Å². The lowest BCUT2D eigenvalue weighted by Gasteiger charge is -2.32. The van der Waals surface area contributed by atoms with Crippen LogP contribution in [0.25, 0.3) is 5.52 Å². The summed E-state index contributed by atoms with van der Waals surface area (Å²) in [5, 5.41) is 6.86. The molecule has 36 heavy (non-hydrogen) atoms. The Morgan fingerprint density at radius 1 is 1.19 bits per heavy atom. The third kappa shape index (κ3) is 5.16. The molecule has 5 rings (SSSR count). The maximum Gasteiger partial charge on any atom is 0.258 e. The van der Waals surface area contributed by atoms with E-state index in [1.54, 1.807) is 16.8 Å². The van der Waals surface area contributed by atoms with Gasteiger partial charge in [0.1, 0.15) is 30.5 Å². The summed E-state index contributed by atoms with van der Waals surface area (Å²) < 4.78 is 33.2. The highest BCUT2D eigenvalue weighted by Crippen LogP contribution is 2.33. The number of carbonyl (C=O) groups is 1. The fourth-order valence-corrected chi connectivity index (χ4v) is 4.04. The van der Waals surface area contributed by atoms with Gasteiger partial charge in [-0.25, -0.2) is 8.91 Å². The fourth-order valence-electron chi connectivity index (χ4n) is 4.04. The van der Waals surface area contributed by atoms with Gasteiger partial charge < -0.3 is 24.1 Å². The molecule has 0 unspecified atom stereocenters. The molecule has 188 valence electrons. The Kier molecular flexibility index (Phi) is 6.83. The Morgan fingerprint density at radius 2 is 2.03 bits per heavy atom. The molecule has 1 amide bonds. The summed E-state index contributed by atoms with van der Waals surface area (Å²) in [6, 6.07) is 5.69. The minimum absolute atomic E-state index is 0.0324. The largest absolute Gasteiger partial charge is 0.490 e. The zero-order valence-electron chi connectivity index (χ0n) is 20.1. The maximum absolute atomic E-state index is 14.8. The second-order valence-electron chi connectivity index (χ2n) is 8.68. The Hall–Kier alpha value is -3.96. The first-order valence-electron chi connectivity index (χ1n) is 11.7. The van der Waals surface area contributed by atoms with E-state index in [0.717, 1.165) is 38.3 Å². The molecule has 0 aliphatic carbocycles. The molecule has 4 heterocycles. The maximum atomic E-state index is 14.8. The van der Waals surface area contributed by atoms with Crippen molar-refractivity contribution < 1.29 is 23.1 Å². The molecule has 4 aromatic rings. The van der Waals surface area contributed by atoms with Crippen molar-refractivity contribution in [1.82, 2.24) is 24.4 Å². The molecule has 1 aromatic carbocycles. The second-order valence-corrected chi connectivity index (χ2v) is 8.68. The van der Waals surface area contributed by atoms with Crippen LogP contribution < -0.4 is 14.8 Å². The quantitative estimate of drug-likeness (QED) is 0.398. The lowest BCUT2D eigenvalue weighted by atomic mass is 10.2. The second kappa shape index (κ2) is 10.3. The van der Waals surface area contributed by atoms with E-state index in [1.165, 1.54) is 37.1 Å². The highest BCUT2D eigenvalue weighted by molar-refractivity contribution is 6.04. The van der Waals surface area contributed by atoms with Gasteiger partial charge in [0.2, 0.25) is 5.88 Å². The average molecular weight is 495 g/mol. The summed E-state index contributed by atoms with van der Waals surface area (Å²) in [4.78, 5) is 21.1.